The number of ether oxygens (including phenoxy) is 1. The molecule has 0 bridgehead atoms. The molecular formula is C24H34F3NO3. The van der Waals surface area contributed by atoms with Crippen molar-refractivity contribution < 1.29 is 27.5 Å². The number of primary amides is 1. The monoisotopic (exact) mass is 441 g/mol. The van der Waals surface area contributed by atoms with Crippen LogP contribution in [0.15, 0.2) is 30.3 Å². The van der Waals surface area contributed by atoms with E-state index in [9.17, 15) is 22.8 Å². The number of alkyl halides is 3. The fourth-order valence-electron chi connectivity index (χ4n) is 3.16. The van der Waals surface area contributed by atoms with Gasteiger partial charge in [0, 0.05) is 0 Å². The lowest BCUT2D eigenvalue weighted by Crippen LogP contribution is -2.33. The van der Waals surface area contributed by atoms with Gasteiger partial charge in [-0.25, -0.2) is 0 Å². The molecule has 174 valence electrons. The third kappa shape index (κ3) is 12.2. The molecule has 1 unspecified atom stereocenters. The van der Waals surface area contributed by atoms with Crippen LogP contribution < -0.4 is 10.5 Å². The van der Waals surface area contributed by atoms with Gasteiger partial charge in [0.1, 0.15) is 5.75 Å². The number of nitrogens with two attached hydrogens (primary N) is 1. The number of carbonyl (C=O) groups excluding carboxylic acids is 2. The molecule has 1 aromatic carbocycles. The van der Waals surface area contributed by atoms with Crippen LogP contribution in [0.2, 0.25) is 0 Å². The van der Waals surface area contributed by atoms with E-state index in [0.717, 1.165) is 25.3 Å². The summed E-state index contributed by atoms with van der Waals surface area (Å²) in [6.07, 6.45) is 8.33. The Morgan fingerprint density at radius 1 is 0.935 bits per heavy atom. The predicted molar refractivity (Wildman–Crippen MR) is 117 cm³/mol. The van der Waals surface area contributed by atoms with Gasteiger partial charge in [-0.05, 0) is 36.6 Å². The third-order valence-corrected chi connectivity index (χ3v) is 5.00. The number of halogens is 3. The van der Waals surface area contributed by atoms with E-state index in [2.05, 4.69) is 6.92 Å². The molecule has 0 heterocycles. The molecule has 31 heavy (non-hydrogen) atoms. The van der Waals surface area contributed by atoms with Gasteiger partial charge in [-0.2, -0.15) is 13.2 Å². The Balaban J connectivity index is 2.35. The molecule has 2 N–H and O–H groups in total. The van der Waals surface area contributed by atoms with Crippen molar-refractivity contribution in [3.8, 4) is 5.75 Å². The molecule has 0 saturated carbocycles. The molecule has 0 saturated heterocycles. The average molecular weight is 442 g/mol. The quantitative estimate of drug-likeness (QED) is 0.239. The molecule has 7 heteroatoms. The Hall–Kier alpha value is -2.31. The van der Waals surface area contributed by atoms with E-state index < -0.39 is 24.0 Å². The van der Waals surface area contributed by atoms with Gasteiger partial charge in [-0.1, -0.05) is 82.9 Å². The summed E-state index contributed by atoms with van der Waals surface area (Å²) in [6, 6.07) is 6.08. The molecule has 0 aromatic heterocycles. The number of hydrogen-bond acceptors (Lipinski definition) is 3. The second-order valence-electron chi connectivity index (χ2n) is 7.74. The van der Waals surface area contributed by atoms with Gasteiger partial charge in [0.15, 0.2) is 6.10 Å². The highest BCUT2D eigenvalue weighted by Crippen LogP contribution is 2.20. The van der Waals surface area contributed by atoms with Gasteiger partial charge < -0.3 is 10.5 Å². The number of allylic oxidation sites excluding steroid dienone is 1. The lowest BCUT2D eigenvalue weighted by atomic mass is 10.0. The minimum Gasteiger partial charge on any atom is -0.481 e. The summed E-state index contributed by atoms with van der Waals surface area (Å²) in [5.41, 5.74) is 5.85. The molecule has 0 aliphatic carbocycles. The Labute approximate surface area is 183 Å². The fraction of sp³-hybridized carbons (Fsp3) is 0.583. The highest BCUT2D eigenvalue weighted by atomic mass is 19.4. The maximum Gasteiger partial charge on any atom is 0.454 e. The van der Waals surface area contributed by atoms with E-state index in [0.29, 0.717) is 23.8 Å². The van der Waals surface area contributed by atoms with Crippen LogP contribution in [-0.2, 0) is 9.59 Å². The zero-order valence-electron chi connectivity index (χ0n) is 18.3. The molecule has 0 aliphatic rings. The molecule has 0 aliphatic heterocycles. The van der Waals surface area contributed by atoms with Crippen LogP contribution in [0.5, 0.6) is 5.75 Å². The van der Waals surface area contributed by atoms with Crippen LogP contribution in [0.3, 0.4) is 0 Å². The van der Waals surface area contributed by atoms with Crippen LogP contribution in [0.1, 0.15) is 83.1 Å². The van der Waals surface area contributed by atoms with Crippen molar-refractivity contribution in [2.45, 2.75) is 89.8 Å². The van der Waals surface area contributed by atoms with Gasteiger partial charge in [-0.15, -0.1) is 0 Å². The van der Waals surface area contributed by atoms with E-state index in [4.69, 9.17) is 10.5 Å². The van der Waals surface area contributed by atoms with Gasteiger partial charge in [0.2, 0.25) is 0 Å². The largest absolute Gasteiger partial charge is 0.481 e. The Morgan fingerprint density at radius 2 is 1.45 bits per heavy atom. The number of unbranched alkanes of at least 4 members (excludes halogenated alkanes) is 9. The second-order valence-corrected chi connectivity index (χ2v) is 7.74. The van der Waals surface area contributed by atoms with E-state index in [1.165, 1.54) is 69.2 Å². The fourth-order valence-corrected chi connectivity index (χ4v) is 3.16. The third-order valence-electron chi connectivity index (χ3n) is 5.00. The molecule has 0 radical (unpaired) electrons. The normalized spacial score (nSPS) is 12.8. The molecule has 1 atom stereocenters. The summed E-state index contributed by atoms with van der Waals surface area (Å²) >= 11 is 0. The van der Waals surface area contributed by atoms with E-state index in [-0.39, 0.29) is 0 Å². The molecule has 1 amide bonds. The first-order chi connectivity index (χ1) is 14.7. The standard InChI is InChI=1S/C24H34F3NO3/c1-2-3-4-5-6-7-8-9-10-11-12-21(23(28)30)31-20-16-13-19(14-17-20)15-18-22(29)24(25,26)27/h13-18,21H,2-12H2,1H3,(H2,28,30)/b18-15+. The van der Waals surface area contributed by atoms with Crippen LogP contribution in [-0.4, -0.2) is 24.0 Å². The smallest absolute Gasteiger partial charge is 0.454 e. The number of benzene rings is 1. The maximum atomic E-state index is 12.2. The van der Waals surface area contributed by atoms with Gasteiger partial charge in [0.05, 0.1) is 0 Å². The Bertz CT molecular complexity index is 684. The van der Waals surface area contributed by atoms with Crippen molar-refractivity contribution in [1.82, 2.24) is 0 Å². The van der Waals surface area contributed by atoms with E-state index >= 15 is 0 Å². The van der Waals surface area contributed by atoms with Crippen molar-refractivity contribution in [2.75, 3.05) is 0 Å². The zero-order valence-corrected chi connectivity index (χ0v) is 18.3. The van der Waals surface area contributed by atoms with Gasteiger partial charge in [-0.3, -0.25) is 9.59 Å². The Kier molecular flexibility index (Phi) is 12.6. The molecule has 0 spiro atoms. The summed E-state index contributed by atoms with van der Waals surface area (Å²) in [5.74, 6) is -2.07. The topological polar surface area (TPSA) is 69.4 Å². The van der Waals surface area contributed by atoms with Crippen LogP contribution >= 0.6 is 0 Å². The minimum absolute atomic E-state index is 0.398. The number of rotatable bonds is 16. The van der Waals surface area contributed by atoms with Crippen molar-refractivity contribution >= 4 is 17.8 Å². The van der Waals surface area contributed by atoms with Gasteiger partial charge in [0.25, 0.3) is 11.7 Å². The summed E-state index contributed by atoms with van der Waals surface area (Å²) in [4.78, 5) is 22.5. The number of carbonyl (C=O) groups is 2. The highest BCUT2D eigenvalue weighted by Gasteiger charge is 2.35. The number of ketones is 1. The summed E-state index contributed by atoms with van der Waals surface area (Å²) < 4.78 is 42.3. The van der Waals surface area contributed by atoms with Crippen molar-refractivity contribution in [1.29, 1.82) is 0 Å². The molecular weight excluding hydrogens is 407 g/mol. The SMILES string of the molecule is CCCCCCCCCCCCC(Oc1ccc(/C=C/C(=O)C(F)(F)F)cc1)C(N)=O. The highest BCUT2D eigenvalue weighted by molar-refractivity contribution is 5.97. The summed E-state index contributed by atoms with van der Waals surface area (Å²) in [5, 5.41) is 0. The van der Waals surface area contributed by atoms with Gasteiger partial charge >= 0.3 is 6.18 Å². The summed E-state index contributed by atoms with van der Waals surface area (Å²) in [7, 11) is 0. The predicted octanol–water partition coefficient (Wildman–Crippen LogP) is 6.37. The zero-order chi connectivity index (χ0) is 23.1. The van der Waals surface area contributed by atoms with Crippen LogP contribution in [0, 0.1) is 0 Å². The first-order valence-corrected chi connectivity index (χ1v) is 11.1. The van der Waals surface area contributed by atoms with Crippen LogP contribution in [0.4, 0.5) is 13.2 Å². The molecule has 1 rings (SSSR count). The summed E-state index contributed by atoms with van der Waals surface area (Å²) in [6.45, 7) is 2.21. The second kappa shape index (κ2) is 14.7. The molecule has 4 nitrogen and oxygen atoms in total. The Morgan fingerprint density at radius 3 is 1.94 bits per heavy atom. The minimum atomic E-state index is -4.89. The molecule has 1 aromatic rings. The van der Waals surface area contributed by atoms with Crippen LogP contribution in [0.25, 0.3) is 6.08 Å². The van der Waals surface area contributed by atoms with E-state index in [1.54, 1.807) is 0 Å². The molecule has 0 fully saturated rings. The van der Waals surface area contributed by atoms with E-state index in [1.807, 2.05) is 0 Å². The lowest BCUT2D eigenvalue weighted by molar-refractivity contribution is -0.165. The van der Waals surface area contributed by atoms with Crippen molar-refractivity contribution in [3.63, 3.8) is 0 Å². The average Bonchev–Trinajstić information content (AvgIpc) is 2.72. The first-order valence-electron chi connectivity index (χ1n) is 11.1. The first kappa shape index (κ1) is 26.7. The number of hydrogen-bond donors (Lipinski definition) is 1. The lowest BCUT2D eigenvalue weighted by Gasteiger charge is -2.16. The maximum absolute atomic E-state index is 12.2. The van der Waals surface area contributed by atoms with Crippen molar-refractivity contribution in [3.05, 3.63) is 35.9 Å². The van der Waals surface area contributed by atoms with Crippen molar-refractivity contribution in [2.24, 2.45) is 5.73 Å². The number of amides is 1.